The first-order valence-electron chi connectivity index (χ1n) is 3.76. The van der Waals surface area contributed by atoms with Crippen molar-refractivity contribution < 1.29 is 4.42 Å². The van der Waals surface area contributed by atoms with Crippen LogP contribution < -0.4 is 5.73 Å². The fourth-order valence-corrected chi connectivity index (χ4v) is 1.19. The van der Waals surface area contributed by atoms with Gasteiger partial charge in [-0.05, 0) is 12.1 Å². The normalized spacial score (nSPS) is 10.5. The molecular formula is C8H8ClN3O. The van der Waals surface area contributed by atoms with Gasteiger partial charge in [-0.3, -0.25) is 0 Å². The maximum atomic E-state index is 5.73. The second-order valence-corrected chi connectivity index (χ2v) is 3.02. The Bertz CT molecular complexity index is 393. The van der Waals surface area contributed by atoms with E-state index in [1.54, 1.807) is 10.9 Å². The van der Waals surface area contributed by atoms with Crippen LogP contribution in [0.4, 0.5) is 5.82 Å². The Balaban J connectivity index is 2.24. The van der Waals surface area contributed by atoms with Crippen LogP contribution in [0.15, 0.2) is 29.0 Å². The highest BCUT2D eigenvalue weighted by Gasteiger charge is 2.05. The fraction of sp³-hybridized carbons (Fsp3) is 0.125. The standard InChI is InChI=1S/C8H8ClN3O/c9-7-4-11-12(8(7)10)5-6-2-1-3-13-6/h1-4H,5,10H2. The van der Waals surface area contributed by atoms with Crippen molar-refractivity contribution in [2.45, 2.75) is 6.54 Å². The molecule has 0 atom stereocenters. The number of nitrogens with two attached hydrogens (primary N) is 1. The SMILES string of the molecule is Nc1c(Cl)cnn1Cc1ccco1. The average Bonchev–Trinajstić information content (AvgIpc) is 2.71. The van der Waals surface area contributed by atoms with Crippen molar-refractivity contribution in [2.75, 3.05) is 5.73 Å². The van der Waals surface area contributed by atoms with Gasteiger partial charge in [0, 0.05) is 0 Å². The monoisotopic (exact) mass is 197 g/mol. The Hall–Kier alpha value is -1.42. The summed E-state index contributed by atoms with van der Waals surface area (Å²) in [6, 6.07) is 3.67. The molecule has 2 N–H and O–H groups in total. The van der Waals surface area contributed by atoms with E-state index in [0.29, 0.717) is 17.4 Å². The molecule has 0 spiro atoms. The number of hydrogen-bond acceptors (Lipinski definition) is 3. The van der Waals surface area contributed by atoms with Gasteiger partial charge in [0.25, 0.3) is 0 Å². The number of aromatic nitrogens is 2. The highest BCUT2D eigenvalue weighted by Crippen LogP contribution is 2.17. The van der Waals surface area contributed by atoms with Crippen LogP contribution in [0, 0.1) is 0 Å². The third kappa shape index (κ3) is 1.53. The summed E-state index contributed by atoms with van der Waals surface area (Å²) in [5.74, 6) is 1.25. The molecule has 0 saturated carbocycles. The molecule has 5 heteroatoms. The summed E-state index contributed by atoms with van der Waals surface area (Å²) in [6.45, 7) is 0.506. The van der Waals surface area contributed by atoms with Crippen molar-refractivity contribution in [3.8, 4) is 0 Å². The predicted molar refractivity (Wildman–Crippen MR) is 49.5 cm³/mol. The smallest absolute Gasteiger partial charge is 0.141 e. The zero-order valence-corrected chi connectivity index (χ0v) is 7.53. The summed E-state index contributed by atoms with van der Waals surface area (Å²) in [5, 5.41) is 4.45. The molecule has 4 nitrogen and oxygen atoms in total. The second kappa shape index (κ2) is 3.14. The molecule has 0 aliphatic carbocycles. The maximum Gasteiger partial charge on any atom is 0.141 e. The summed E-state index contributed by atoms with van der Waals surface area (Å²) >= 11 is 5.73. The van der Waals surface area contributed by atoms with Crippen molar-refractivity contribution in [1.82, 2.24) is 9.78 Å². The van der Waals surface area contributed by atoms with Crippen molar-refractivity contribution in [3.63, 3.8) is 0 Å². The molecule has 0 aliphatic heterocycles. The minimum absolute atomic E-state index is 0.457. The Morgan fingerprint density at radius 2 is 2.46 bits per heavy atom. The highest BCUT2D eigenvalue weighted by atomic mass is 35.5. The van der Waals surface area contributed by atoms with E-state index in [2.05, 4.69) is 5.10 Å². The van der Waals surface area contributed by atoms with Gasteiger partial charge in [-0.15, -0.1) is 0 Å². The zero-order valence-electron chi connectivity index (χ0n) is 6.77. The van der Waals surface area contributed by atoms with Crippen LogP contribution in [0.3, 0.4) is 0 Å². The van der Waals surface area contributed by atoms with Gasteiger partial charge in [-0.25, -0.2) is 4.68 Å². The number of furan rings is 1. The number of nitrogen functional groups attached to an aromatic ring is 1. The van der Waals surface area contributed by atoms with Crippen LogP contribution in [0.2, 0.25) is 5.02 Å². The number of hydrogen-bond donors (Lipinski definition) is 1. The minimum Gasteiger partial charge on any atom is -0.467 e. The van der Waals surface area contributed by atoms with Gasteiger partial charge in [0.1, 0.15) is 23.1 Å². The molecule has 2 heterocycles. The lowest BCUT2D eigenvalue weighted by Crippen LogP contribution is -2.04. The first-order valence-corrected chi connectivity index (χ1v) is 4.14. The van der Waals surface area contributed by atoms with Crippen molar-refractivity contribution in [1.29, 1.82) is 0 Å². The van der Waals surface area contributed by atoms with E-state index in [0.717, 1.165) is 5.76 Å². The molecule has 2 rings (SSSR count). The molecule has 13 heavy (non-hydrogen) atoms. The lowest BCUT2D eigenvalue weighted by atomic mass is 10.4. The van der Waals surface area contributed by atoms with Crippen LogP contribution in [-0.4, -0.2) is 9.78 Å². The first-order chi connectivity index (χ1) is 6.27. The highest BCUT2D eigenvalue weighted by molar-refractivity contribution is 6.32. The van der Waals surface area contributed by atoms with Gasteiger partial charge in [0.15, 0.2) is 0 Å². The van der Waals surface area contributed by atoms with Gasteiger partial charge in [0.05, 0.1) is 12.5 Å². The van der Waals surface area contributed by atoms with Crippen molar-refractivity contribution in [3.05, 3.63) is 35.4 Å². The van der Waals surface area contributed by atoms with E-state index in [1.807, 2.05) is 12.1 Å². The molecule has 0 unspecified atom stereocenters. The van der Waals surface area contributed by atoms with Crippen LogP contribution in [0.25, 0.3) is 0 Å². The van der Waals surface area contributed by atoms with Crippen LogP contribution in [0.1, 0.15) is 5.76 Å². The number of rotatable bonds is 2. The number of anilines is 1. The molecule has 0 aromatic carbocycles. The van der Waals surface area contributed by atoms with Gasteiger partial charge in [-0.1, -0.05) is 11.6 Å². The Kier molecular flexibility index (Phi) is 1.98. The van der Waals surface area contributed by atoms with E-state index in [9.17, 15) is 0 Å². The average molecular weight is 198 g/mol. The summed E-state index contributed by atoms with van der Waals surface area (Å²) in [5.41, 5.74) is 5.65. The molecule has 0 radical (unpaired) electrons. The van der Waals surface area contributed by atoms with E-state index >= 15 is 0 Å². The molecule has 68 valence electrons. The summed E-state index contributed by atoms with van der Waals surface area (Å²) in [4.78, 5) is 0. The first kappa shape index (κ1) is 8.19. The molecule has 0 saturated heterocycles. The van der Waals surface area contributed by atoms with Gasteiger partial charge in [0.2, 0.25) is 0 Å². The summed E-state index contributed by atoms with van der Waals surface area (Å²) < 4.78 is 6.73. The maximum absolute atomic E-state index is 5.73. The Morgan fingerprint density at radius 1 is 1.62 bits per heavy atom. The molecule has 2 aromatic heterocycles. The second-order valence-electron chi connectivity index (χ2n) is 2.61. The van der Waals surface area contributed by atoms with Crippen LogP contribution >= 0.6 is 11.6 Å². The Labute approximate surface area is 79.9 Å². The molecule has 0 fully saturated rings. The number of halogens is 1. The molecule has 2 aromatic rings. The Morgan fingerprint density at radius 3 is 3.00 bits per heavy atom. The molecule has 0 amide bonds. The third-order valence-corrected chi connectivity index (χ3v) is 2.01. The van der Waals surface area contributed by atoms with Gasteiger partial charge < -0.3 is 10.2 Å². The minimum atomic E-state index is 0.457. The van der Waals surface area contributed by atoms with E-state index in [4.69, 9.17) is 21.8 Å². The van der Waals surface area contributed by atoms with Gasteiger partial charge in [-0.2, -0.15) is 5.10 Å². The lowest BCUT2D eigenvalue weighted by Gasteiger charge is -2.00. The van der Waals surface area contributed by atoms with Crippen molar-refractivity contribution >= 4 is 17.4 Å². The van der Waals surface area contributed by atoms with E-state index in [-0.39, 0.29) is 0 Å². The lowest BCUT2D eigenvalue weighted by molar-refractivity contribution is 0.482. The summed E-state index contributed by atoms with van der Waals surface area (Å²) in [6.07, 6.45) is 3.12. The van der Waals surface area contributed by atoms with E-state index < -0.39 is 0 Å². The van der Waals surface area contributed by atoms with Crippen LogP contribution in [0.5, 0.6) is 0 Å². The zero-order chi connectivity index (χ0) is 9.26. The van der Waals surface area contributed by atoms with Crippen molar-refractivity contribution in [2.24, 2.45) is 0 Å². The molecule has 0 bridgehead atoms. The largest absolute Gasteiger partial charge is 0.467 e. The fourth-order valence-electron chi connectivity index (χ4n) is 1.05. The van der Waals surface area contributed by atoms with Gasteiger partial charge >= 0.3 is 0 Å². The van der Waals surface area contributed by atoms with Crippen LogP contribution in [-0.2, 0) is 6.54 Å². The quantitative estimate of drug-likeness (QED) is 0.798. The number of nitrogens with zero attached hydrogens (tertiary/aromatic N) is 2. The van der Waals surface area contributed by atoms with E-state index in [1.165, 1.54) is 6.20 Å². The molecule has 0 aliphatic rings. The molecular weight excluding hydrogens is 190 g/mol. The topological polar surface area (TPSA) is 57.0 Å². The summed E-state index contributed by atoms with van der Waals surface area (Å²) in [7, 11) is 0. The predicted octanol–water partition coefficient (Wildman–Crippen LogP) is 1.76. The third-order valence-electron chi connectivity index (χ3n) is 1.72.